The number of halogens is 2. The zero-order chi connectivity index (χ0) is 12.6. The second kappa shape index (κ2) is 5.02. The fourth-order valence-corrected chi connectivity index (χ4v) is 3.76. The quantitative estimate of drug-likeness (QED) is 0.779. The summed E-state index contributed by atoms with van der Waals surface area (Å²) in [5, 5.41) is 10.6. The highest BCUT2D eigenvalue weighted by molar-refractivity contribution is 9.11. The molecule has 1 aliphatic rings. The smallest absolute Gasteiger partial charge is 0.0834 e. The number of hydrogen-bond donors (Lipinski definition) is 1. The largest absolute Gasteiger partial charge is 0.388 e. The Bertz CT molecular complexity index is 415. The van der Waals surface area contributed by atoms with E-state index >= 15 is 0 Å². The standard InChI is InChI=1S/C14H18Br2O/c1-14(2)7-3-4-11(14)13(17)10-8-9(15)5-6-12(10)16/h5-6,8,11,13,17H,3-4,7H2,1-2H3. The summed E-state index contributed by atoms with van der Waals surface area (Å²) < 4.78 is 2.02. The molecule has 2 atom stereocenters. The second-order valence-corrected chi connectivity index (χ2v) is 7.37. The molecule has 0 spiro atoms. The van der Waals surface area contributed by atoms with Crippen molar-refractivity contribution in [2.24, 2.45) is 11.3 Å². The second-order valence-electron chi connectivity index (χ2n) is 5.60. The Morgan fingerprint density at radius 2 is 2.06 bits per heavy atom. The normalized spacial score (nSPS) is 24.9. The Kier molecular flexibility index (Phi) is 4.01. The summed E-state index contributed by atoms with van der Waals surface area (Å²) in [5.74, 6) is 0.355. The average Bonchev–Trinajstić information content (AvgIpc) is 2.61. The molecule has 1 saturated carbocycles. The molecular formula is C14H18Br2O. The van der Waals surface area contributed by atoms with E-state index in [4.69, 9.17) is 0 Å². The van der Waals surface area contributed by atoms with Crippen molar-refractivity contribution < 1.29 is 5.11 Å². The van der Waals surface area contributed by atoms with E-state index in [1.807, 2.05) is 18.2 Å². The molecule has 0 amide bonds. The average molecular weight is 362 g/mol. The third-order valence-electron chi connectivity index (χ3n) is 4.00. The van der Waals surface area contributed by atoms with Crippen LogP contribution in [0.15, 0.2) is 27.1 Å². The van der Waals surface area contributed by atoms with Crippen molar-refractivity contribution in [3.05, 3.63) is 32.7 Å². The van der Waals surface area contributed by atoms with Crippen LogP contribution in [0.5, 0.6) is 0 Å². The first-order valence-electron chi connectivity index (χ1n) is 6.05. The third kappa shape index (κ3) is 2.77. The van der Waals surface area contributed by atoms with Gasteiger partial charge in [0.1, 0.15) is 0 Å². The third-order valence-corrected chi connectivity index (χ3v) is 5.21. The Balaban J connectivity index is 2.30. The minimum atomic E-state index is -0.376. The molecule has 2 rings (SSSR count). The summed E-state index contributed by atoms with van der Waals surface area (Å²) in [6, 6.07) is 5.99. The fourth-order valence-electron chi connectivity index (χ4n) is 2.90. The number of benzene rings is 1. The maximum atomic E-state index is 10.6. The van der Waals surface area contributed by atoms with Crippen molar-refractivity contribution in [2.45, 2.75) is 39.2 Å². The zero-order valence-corrected chi connectivity index (χ0v) is 13.4. The predicted octanol–water partition coefficient (Wildman–Crippen LogP) is 5.07. The van der Waals surface area contributed by atoms with Crippen LogP contribution in [0.25, 0.3) is 0 Å². The fraction of sp³-hybridized carbons (Fsp3) is 0.571. The van der Waals surface area contributed by atoms with Crippen LogP contribution in [0.1, 0.15) is 44.8 Å². The molecule has 0 aromatic heterocycles. The maximum absolute atomic E-state index is 10.6. The lowest BCUT2D eigenvalue weighted by Gasteiger charge is -2.31. The van der Waals surface area contributed by atoms with Gasteiger partial charge in [0.2, 0.25) is 0 Å². The lowest BCUT2D eigenvalue weighted by atomic mass is 9.77. The van der Waals surface area contributed by atoms with Crippen molar-refractivity contribution in [2.75, 3.05) is 0 Å². The maximum Gasteiger partial charge on any atom is 0.0834 e. The molecule has 17 heavy (non-hydrogen) atoms. The molecule has 1 aliphatic carbocycles. The van der Waals surface area contributed by atoms with Gasteiger partial charge in [-0.1, -0.05) is 52.1 Å². The molecule has 1 aromatic carbocycles. The summed E-state index contributed by atoms with van der Waals surface area (Å²) in [4.78, 5) is 0. The lowest BCUT2D eigenvalue weighted by Crippen LogP contribution is -2.24. The zero-order valence-electron chi connectivity index (χ0n) is 10.2. The van der Waals surface area contributed by atoms with Crippen molar-refractivity contribution in [1.82, 2.24) is 0 Å². The molecule has 1 fully saturated rings. The van der Waals surface area contributed by atoms with Gasteiger partial charge in [-0.3, -0.25) is 0 Å². The van der Waals surface area contributed by atoms with E-state index in [9.17, 15) is 5.11 Å². The van der Waals surface area contributed by atoms with Crippen molar-refractivity contribution in [3.8, 4) is 0 Å². The molecule has 0 saturated heterocycles. The van der Waals surface area contributed by atoms with Gasteiger partial charge in [0.25, 0.3) is 0 Å². The molecule has 1 N–H and O–H groups in total. The minimum absolute atomic E-state index is 0.237. The predicted molar refractivity (Wildman–Crippen MR) is 77.9 cm³/mol. The number of aliphatic hydroxyl groups excluding tert-OH is 1. The van der Waals surface area contributed by atoms with Crippen LogP contribution < -0.4 is 0 Å². The number of rotatable bonds is 2. The number of hydrogen-bond acceptors (Lipinski definition) is 1. The first-order chi connectivity index (χ1) is 7.92. The van der Waals surface area contributed by atoms with Crippen molar-refractivity contribution >= 4 is 31.9 Å². The molecule has 2 unspecified atom stereocenters. The number of aliphatic hydroxyl groups is 1. The molecule has 1 aromatic rings. The van der Waals surface area contributed by atoms with E-state index in [1.54, 1.807) is 0 Å². The van der Waals surface area contributed by atoms with Crippen LogP contribution in [-0.2, 0) is 0 Å². The van der Waals surface area contributed by atoms with E-state index in [0.717, 1.165) is 20.9 Å². The topological polar surface area (TPSA) is 20.2 Å². The van der Waals surface area contributed by atoms with E-state index in [0.29, 0.717) is 5.92 Å². The summed E-state index contributed by atoms with van der Waals surface area (Å²) in [6.45, 7) is 4.53. The van der Waals surface area contributed by atoms with Gasteiger partial charge in [-0.25, -0.2) is 0 Å². The summed E-state index contributed by atoms with van der Waals surface area (Å²) in [7, 11) is 0. The molecule has 0 bridgehead atoms. The molecule has 1 nitrogen and oxygen atoms in total. The Morgan fingerprint density at radius 3 is 2.65 bits per heavy atom. The van der Waals surface area contributed by atoms with Gasteiger partial charge in [-0.05, 0) is 47.9 Å². The SMILES string of the molecule is CC1(C)CCCC1C(O)c1cc(Br)ccc1Br. The molecule has 0 aliphatic heterocycles. The Labute approximate surface area is 120 Å². The van der Waals surface area contributed by atoms with E-state index in [1.165, 1.54) is 12.8 Å². The molecule has 94 valence electrons. The van der Waals surface area contributed by atoms with Crippen molar-refractivity contribution in [1.29, 1.82) is 0 Å². The molecule has 0 heterocycles. The van der Waals surface area contributed by atoms with Crippen LogP contribution in [0.4, 0.5) is 0 Å². The first-order valence-corrected chi connectivity index (χ1v) is 7.63. The molecule has 0 radical (unpaired) electrons. The molecule has 3 heteroatoms. The summed E-state index contributed by atoms with van der Waals surface area (Å²) in [5.41, 5.74) is 1.24. The van der Waals surface area contributed by atoms with Gasteiger partial charge in [0, 0.05) is 8.95 Å². The van der Waals surface area contributed by atoms with Gasteiger partial charge < -0.3 is 5.11 Å². The van der Waals surface area contributed by atoms with E-state index in [2.05, 4.69) is 45.7 Å². The van der Waals surface area contributed by atoms with E-state index < -0.39 is 0 Å². The lowest BCUT2D eigenvalue weighted by molar-refractivity contribution is 0.0526. The van der Waals surface area contributed by atoms with Gasteiger partial charge in [0.05, 0.1) is 6.10 Å². The van der Waals surface area contributed by atoms with Crippen LogP contribution in [0.2, 0.25) is 0 Å². The summed E-state index contributed by atoms with van der Waals surface area (Å²) in [6.07, 6.45) is 3.17. The van der Waals surface area contributed by atoms with Gasteiger partial charge in [-0.2, -0.15) is 0 Å². The Morgan fingerprint density at radius 1 is 1.35 bits per heavy atom. The van der Waals surface area contributed by atoms with Crippen LogP contribution in [0, 0.1) is 11.3 Å². The highest BCUT2D eigenvalue weighted by Crippen LogP contribution is 2.49. The van der Waals surface area contributed by atoms with Gasteiger partial charge in [0.15, 0.2) is 0 Å². The highest BCUT2D eigenvalue weighted by Gasteiger charge is 2.39. The minimum Gasteiger partial charge on any atom is -0.388 e. The monoisotopic (exact) mass is 360 g/mol. The van der Waals surface area contributed by atoms with Gasteiger partial charge in [-0.15, -0.1) is 0 Å². The van der Waals surface area contributed by atoms with Crippen LogP contribution in [0.3, 0.4) is 0 Å². The Hall–Kier alpha value is 0.140. The molecular weight excluding hydrogens is 344 g/mol. The first kappa shape index (κ1) is 13.6. The highest BCUT2D eigenvalue weighted by atomic mass is 79.9. The van der Waals surface area contributed by atoms with E-state index in [-0.39, 0.29) is 11.5 Å². The van der Waals surface area contributed by atoms with Crippen LogP contribution >= 0.6 is 31.9 Å². The van der Waals surface area contributed by atoms with Crippen molar-refractivity contribution in [3.63, 3.8) is 0 Å². The van der Waals surface area contributed by atoms with Crippen LogP contribution in [-0.4, -0.2) is 5.11 Å². The van der Waals surface area contributed by atoms with Gasteiger partial charge >= 0.3 is 0 Å². The summed E-state index contributed by atoms with van der Waals surface area (Å²) >= 11 is 7.00.